The van der Waals surface area contributed by atoms with E-state index in [-0.39, 0.29) is 23.3 Å². The summed E-state index contributed by atoms with van der Waals surface area (Å²) in [5.74, 6) is -0.505. The standard InChI is InChI=1S/C19H20Cl2N2O3S/c20-16-5-3-14(4-6-16)12-22-19(24)15-2-1-11-23(13-15)27(25,26)18-9-7-17(21)8-10-18/h3-10,15H,1-2,11-13H2,(H,22,24). The van der Waals surface area contributed by atoms with Gasteiger partial charge in [0, 0.05) is 29.7 Å². The van der Waals surface area contributed by atoms with Gasteiger partial charge in [0.1, 0.15) is 0 Å². The molecular weight excluding hydrogens is 407 g/mol. The van der Waals surface area contributed by atoms with Crippen molar-refractivity contribution in [1.29, 1.82) is 0 Å². The lowest BCUT2D eigenvalue weighted by Crippen LogP contribution is -2.45. The Kier molecular flexibility index (Phi) is 6.42. The highest BCUT2D eigenvalue weighted by molar-refractivity contribution is 7.89. The molecule has 144 valence electrons. The van der Waals surface area contributed by atoms with Gasteiger partial charge in [0.25, 0.3) is 0 Å². The number of sulfonamides is 1. The highest BCUT2D eigenvalue weighted by Gasteiger charge is 2.33. The minimum absolute atomic E-state index is 0.138. The number of halogens is 2. The predicted octanol–water partition coefficient (Wildman–Crippen LogP) is 3.71. The molecular formula is C19H20Cl2N2O3S. The maximum absolute atomic E-state index is 12.8. The van der Waals surface area contributed by atoms with Crippen LogP contribution in [0.3, 0.4) is 0 Å². The first-order valence-corrected chi connectivity index (χ1v) is 10.8. The quantitative estimate of drug-likeness (QED) is 0.791. The van der Waals surface area contributed by atoms with Crippen LogP contribution in [-0.4, -0.2) is 31.7 Å². The first-order valence-electron chi connectivity index (χ1n) is 8.64. The number of hydrogen-bond donors (Lipinski definition) is 1. The third-order valence-electron chi connectivity index (χ3n) is 4.59. The highest BCUT2D eigenvalue weighted by Crippen LogP contribution is 2.25. The fraction of sp³-hybridized carbons (Fsp3) is 0.316. The number of nitrogens with zero attached hydrogens (tertiary/aromatic N) is 1. The Labute approximate surface area is 169 Å². The average Bonchev–Trinajstić information content (AvgIpc) is 2.68. The second-order valence-electron chi connectivity index (χ2n) is 6.50. The third kappa shape index (κ3) is 5.02. The number of rotatable bonds is 5. The fourth-order valence-electron chi connectivity index (χ4n) is 3.07. The number of carbonyl (C=O) groups is 1. The lowest BCUT2D eigenvalue weighted by Gasteiger charge is -2.31. The first-order chi connectivity index (χ1) is 12.9. The van der Waals surface area contributed by atoms with Gasteiger partial charge >= 0.3 is 0 Å². The van der Waals surface area contributed by atoms with Crippen LogP contribution in [0.25, 0.3) is 0 Å². The summed E-state index contributed by atoms with van der Waals surface area (Å²) in [7, 11) is -3.64. The van der Waals surface area contributed by atoms with Crippen molar-refractivity contribution in [3.05, 3.63) is 64.1 Å². The van der Waals surface area contributed by atoms with Crippen LogP contribution in [0.2, 0.25) is 10.0 Å². The minimum atomic E-state index is -3.64. The Morgan fingerprint density at radius 2 is 1.63 bits per heavy atom. The molecule has 27 heavy (non-hydrogen) atoms. The van der Waals surface area contributed by atoms with Gasteiger partial charge in [-0.1, -0.05) is 35.3 Å². The van der Waals surface area contributed by atoms with E-state index >= 15 is 0 Å². The van der Waals surface area contributed by atoms with Crippen molar-refractivity contribution in [1.82, 2.24) is 9.62 Å². The Balaban J connectivity index is 1.63. The topological polar surface area (TPSA) is 66.5 Å². The van der Waals surface area contributed by atoms with Crippen LogP contribution in [0.5, 0.6) is 0 Å². The van der Waals surface area contributed by atoms with E-state index in [0.717, 1.165) is 5.56 Å². The molecule has 0 bridgehead atoms. The molecule has 2 aromatic carbocycles. The van der Waals surface area contributed by atoms with Crippen molar-refractivity contribution in [3.63, 3.8) is 0 Å². The Hall–Kier alpha value is -1.60. The predicted molar refractivity (Wildman–Crippen MR) is 106 cm³/mol. The summed E-state index contributed by atoms with van der Waals surface area (Å²) in [5, 5.41) is 4.00. The Morgan fingerprint density at radius 3 is 2.26 bits per heavy atom. The number of piperidine rings is 1. The zero-order valence-electron chi connectivity index (χ0n) is 14.6. The molecule has 1 N–H and O–H groups in total. The van der Waals surface area contributed by atoms with Gasteiger partial charge in [-0.15, -0.1) is 0 Å². The normalized spacial score (nSPS) is 18.2. The molecule has 0 radical (unpaired) electrons. The molecule has 1 aliphatic heterocycles. The van der Waals surface area contributed by atoms with Crippen LogP contribution in [-0.2, 0) is 21.4 Å². The van der Waals surface area contributed by atoms with Gasteiger partial charge in [-0.2, -0.15) is 4.31 Å². The molecule has 0 saturated carbocycles. The SMILES string of the molecule is O=C(NCc1ccc(Cl)cc1)C1CCCN(S(=O)(=O)c2ccc(Cl)cc2)C1. The molecule has 8 heteroatoms. The Morgan fingerprint density at radius 1 is 1.04 bits per heavy atom. The second-order valence-corrected chi connectivity index (χ2v) is 9.31. The van der Waals surface area contributed by atoms with Gasteiger partial charge in [-0.3, -0.25) is 4.79 Å². The molecule has 1 fully saturated rings. The second kappa shape index (κ2) is 8.61. The third-order valence-corrected chi connectivity index (χ3v) is 6.97. The van der Waals surface area contributed by atoms with Crippen molar-refractivity contribution in [2.45, 2.75) is 24.3 Å². The van der Waals surface area contributed by atoms with Gasteiger partial charge in [-0.05, 0) is 54.8 Å². The van der Waals surface area contributed by atoms with Crippen molar-refractivity contribution in [2.75, 3.05) is 13.1 Å². The summed E-state index contributed by atoms with van der Waals surface area (Å²) < 4.78 is 27.0. The maximum Gasteiger partial charge on any atom is 0.243 e. The number of amides is 1. The molecule has 1 saturated heterocycles. The molecule has 0 aliphatic carbocycles. The summed E-state index contributed by atoms with van der Waals surface area (Å²) in [6, 6.07) is 13.3. The average molecular weight is 427 g/mol. The molecule has 0 aromatic heterocycles. The number of nitrogens with one attached hydrogen (secondary N) is 1. The zero-order chi connectivity index (χ0) is 19.4. The van der Waals surface area contributed by atoms with E-state index in [4.69, 9.17) is 23.2 Å². The number of benzene rings is 2. The van der Waals surface area contributed by atoms with Crippen molar-refractivity contribution in [3.8, 4) is 0 Å². The van der Waals surface area contributed by atoms with E-state index in [1.807, 2.05) is 12.1 Å². The molecule has 1 unspecified atom stereocenters. The zero-order valence-corrected chi connectivity index (χ0v) is 16.9. The molecule has 5 nitrogen and oxygen atoms in total. The summed E-state index contributed by atoms with van der Waals surface area (Å²) in [5.41, 5.74) is 0.939. The number of carbonyl (C=O) groups excluding carboxylic acids is 1. The molecule has 1 atom stereocenters. The summed E-state index contributed by atoms with van der Waals surface area (Å²) in [4.78, 5) is 12.7. The van der Waals surface area contributed by atoms with E-state index < -0.39 is 10.0 Å². The van der Waals surface area contributed by atoms with E-state index in [1.165, 1.54) is 16.4 Å². The molecule has 3 rings (SSSR count). The molecule has 2 aromatic rings. The van der Waals surface area contributed by atoms with E-state index in [1.54, 1.807) is 24.3 Å². The smallest absolute Gasteiger partial charge is 0.243 e. The summed E-state index contributed by atoms with van der Waals surface area (Å²) in [6.07, 6.45) is 1.31. The van der Waals surface area contributed by atoms with Crippen LogP contribution in [0.1, 0.15) is 18.4 Å². The van der Waals surface area contributed by atoms with Crippen molar-refractivity contribution >= 4 is 39.1 Å². The fourth-order valence-corrected chi connectivity index (χ4v) is 4.84. The number of hydrogen-bond acceptors (Lipinski definition) is 3. The monoisotopic (exact) mass is 426 g/mol. The van der Waals surface area contributed by atoms with Gasteiger partial charge in [-0.25, -0.2) is 8.42 Å². The largest absolute Gasteiger partial charge is 0.352 e. The van der Waals surface area contributed by atoms with Crippen LogP contribution < -0.4 is 5.32 Å². The minimum Gasteiger partial charge on any atom is -0.352 e. The van der Waals surface area contributed by atoms with Crippen molar-refractivity contribution < 1.29 is 13.2 Å². The van der Waals surface area contributed by atoms with Gasteiger partial charge in [0.15, 0.2) is 0 Å². The van der Waals surface area contributed by atoms with Crippen LogP contribution in [0.15, 0.2) is 53.4 Å². The van der Waals surface area contributed by atoms with E-state index in [2.05, 4.69) is 5.32 Å². The first kappa shape index (κ1) is 20.1. The summed E-state index contributed by atoms with van der Waals surface area (Å²) >= 11 is 11.7. The van der Waals surface area contributed by atoms with Crippen LogP contribution in [0.4, 0.5) is 0 Å². The van der Waals surface area contributed by atoms with Crippen LogP contribution >= 0.6 is 23.2 Å². The maximum atomic E-state index is 12.8. The highest BCUT2D eigenvalue weighted by atomic mass is 35.5. The molecule has 1 heterocycles. The van der Waals surface area contributed by atoms with Crippen LogP contribution in [0, 0.1) is 5.92 Å². The Bertz CT molecular complexity index is 900. The molecule has 0 spiro atoms. The van der Waals surface area contributed by atoms with E-state index in [0.29, 0.717) is 36.0 Å². The lowest BCUT2D eigenvalue weighted by atomic mass is 9.99. The van der Waals surface area contributed by atoms with Gasteiger partial charge in [0.2, 0.25) is 15.9 Å². The summed E-state index contributed by atoms with van der Waals surface area (Å²) in [6.45, 7) is 0.972. The van der Waals surface area contributed by atoms with Crippen molar-refractivity contribution in [2.24, 2.45) is 5.92 Å². The lowest BCUT2D eigenvalue weighted by molar-refractivity contribution is -0.126. The van der Waals surface area contributed by atoms with Gasteiger partial charge < -0.3 is 5.32 Å². The van der Waals surface area contributed by atoms with Gasteiger partial charge in [0.05, 0.1) is 10.8 Å². The van der Waals surface area contributed by atoms with E-state index in [9.17, 15) is 13.2 Å². The molecule has 1 amide bonds. The molecule has 1 aliphatic rings.